The third kappa shape index (κ3) is 3.90. The van der Waals surface area contributed by atoms with Crippen molar-refractivity contribution in [2.45, 2.75) is 6.42 Å². The van der Waals surface area contributed by atoms with E-state index in [4.69, 9.17) is 0 Å². The lowest BCUT2D eigenvalue weighted by molar-refractivity contribution is 0.0767. The first kappa shape index (κ1) is 17.8. The highest BCUT2D eigenvalue weighted by Gasteiger charge is 2.21. The van der Waals surface area contributed by atoms with Crippen LogP contribution in [-0.2, 0) is 0 Å². The summed E-state index contributed by atoms with van der Waals surface area (Å²) in [4.78, 5) is 43.5. The molecule has 1 N–H and O–H groups in total. The summed E-state index contributed by atoms with van der Waals surface area (Å²) in [7, 11) is 0. The monoisotopic (exact) mass is 376 g/mol. The Morgan fingerprint density at radius 3 is 2.50 bits per heavy atom. The molecule has 8 nitrogen and oxygen atoms in total. The standard InChI is InChI=1S/C20H20N6O2/c27-18-14-21-13-17(24-18)15-3-5-16(6-4-15)19(28)25-9-2-10-26(12-11-25)20-22-7-1-8-23-20/h1,3-8,13-14H,2,9-12H2,(H,24,27). The topological polar surface area (TPSA) is 95.1 Å². The lowest BCUT2D eigenvalue weighted by Gasteiger charge is -2.22. The van der Waals surface area contributed by atoms with E-state index in [9.17, 15) is 9.59 Å². The highest BCUT2D eigenvalue weighted by Crippen LogP contribution is 2.17. The van der Waals surface area contributed by atoms with Crippen LogP contribution < -0.4 is 10.5 Å². The summed E-state index contributed by atoms with van der Waals surface area (Å²) in [6.07, 6.45) is 7.14. The molecule has 0 saturated carbocycles. The lowest BCUT2D eigenvalue weighted by Crippen LogP contribution is -2.35. The van der Waals surface area contributed by atoms with Crippen molar-refractivity contribution in [1.82, 2.24) is 24.8 Å². The van der Waals surface area contributed by atoms with Crippen LogP contribution in [-0.4, -0.2) is 56.9 Å². The summed E-state index contributed by atoms with van der Waals surface area (Å²) >= 11 is 0. The van der Waals surface area contributed by atoms with E-state index in [0.29, 0.717) is 36.8 Å². The van der Waals surface area contributed by atoms with Crippen molar-refractivity contribution in [2.24, 2.45) is 0 Å². The number of nitrogens with one attached hydrogen (secondary N) is 1. The van der Waals surface area contributed by atoms with E-state index in [0.717, 1.165) is 18.5 Å². The van der Waals surface area contributed by atoms with Crippen LogP contribution in [0.5, 0.6) is 0 Å². The van der Waals surface area contributed by atoms with Crippen LogP contribution >= 0.6 is 0 Å². The molecular weight excluding hydrogens is 356 g/mol. The molecule has 4 rings (SSSR count). The quantitative estimate of drug-likeness (QED) is 0.746. The Balaban J connectivity index is 1.45. The Hall–Kier alpha value is -3.55. The van der Waals surface area contributed by atoms with Gasteiger partial charge in [-0.05, 0) is 30.2 Å². The van der Waals surface area contributed by atoms with Gasteiger partial charge in [0.05, 0.1) is 18.1 Å². The Labute approximate surface area is 161 Å². The average molecular weight is 376 g/mol. The number of hydrogen-bond acceptors (Lipinski definition) is 6. The zero-order valence-corrected chi connectivity index (χ0v) is 15.3. The number of aromatic nitrogens is 4. The largest absolute Gasteiger partial charge is 0.339 e. The van der Waals surface area contributed by atoms with E-state index >= 15 is 0 Å². The van der Waals surface area contributed by atoms with Crippen LogP contribution in [0.25, 0.3) is 11.3 Å². The molecule has 1 saturated heterocycles. The van der Waals surface area contributed by atoms with E-state index in [2.05, 4.69) is 24.8 Å². The normalized spacial score (nSPS) is 14.6. The van der Waals surface area contributed by atoms with Crippen molar-refractivity contribution in [3.8, 4) is 11.3 Å². The van der Waals surface area contributed by atoms with Crippen LogP contribution in [0.4, 0.5) is 5.95 Å². The summed E-state index contributed by atoms with van der Waals surface area (Å²) in [5.74, 6) is 0.702. The molecule has 0 aliphatic carbocycles. The Morgan fingerprint density at radius 1 is 0.964 bits per heavy atom. The van der Waals surface area contributed by atoms with Gasteiger partial charge < -0.3 is 14.8 Å². The van der Waals surface area contributed by atoms with E-state index < -0.39 is 0 Å². The fourth-order valence-electron chi connectivity index (χ4n) is 3.27. The fourth-order valence-corrected chi connectivity index (χ4v) is 3.27. The Morgan fingerprint density at radius 2 is 1.75 bits per heavy atom. The predicted molar refractivity (Wildman–Crippen MR) is 105 cm³/mol. The molecule has 8 heteroatoms. The number of benzene rings is 1. The molecule has 28 heavy (non-hydrogen) atoms. The van der Waals surface area contributed by atoms with E-state index in [1.165, 1.54) is 6.20 Å². The zero-order chi connectivity index (χ0) is 19.3. The highest BCUT2D eigenvalue weighted by molar-refractivity contribution is 5.94. The Bertz CT molecular complexity index is 1000. The average Bonchev–Trinajstić information content (AvgIpc) is 3.00. The first-order valence-corrected chi connectivity index (χ1v) is 9.17. The third-order valence-electron chi connectivity index (χ3n) is 4.71. The molecule has 2 aromatic heterocycles. The first-order valence-electron chi connectivity index (χ1n) is 9.17. The van der Waals surface area contributed by atoms with Gasteiger partial charge >= 0.3 is 0 Å². The summed E-state index contributed by atoms with van der Waals surface area (Å²) in [5, 5.41) is 0. The van der Waals surface area contributed by atoms with Crippen molar-refractivity contribution in [3.05, 3.63) is 71.0 Å². The zero-order valence-electron chi connectivity index (χ0n) is 15.3. The maximum atomic E-state index is 12.9. The second-order valence-electron chi connectivity index (χ2n) is 6.57. The molecule has 1 aliphatic heterocycles. The molecule has 0 bridgehead atoms. The van der Waals surface area contributed by atoms with Crippen LogP contribution in [0.15, 0.2) is 59.9 Å². The number of carbonyl (C=O) groups excluding carboxylic acids is 1. The molecule has 1 amide bonds. The second-order valence-corrected chi connectivity index (χ2v) is 6.57. The fraction of sp³-hybridized carbons (Fsp3) is 0.250. The van der Waals surface area contributed by atoms with E-state index in [1.54, 1.807) is 36.8 Å². The molecule has 142 valence electrons. The third-order valence-corrected chi connectivity index (χ3v) is 4.71. The minimum atomic E-state index is -0.255. The molecule has 3 heterocycles. The molecule has 1 aromatic carbocycles. The van der Waals surface area contributed by atoms with Gasteiger partial charge in [0.25, 0.3) is 11.5 Å². The predicted octanol–water partition coefficient (Wildman–Crippen LogP) is 1.58. The van der Waals surface area contributed by atoms with Gasteiger partial charge in [0.2, 0.25) is 5.95 Å². The smallest absolute Gasteiger partial charge is 0.266 e. The highest BCUT2D eigenvalue weighted by atomic mass is 16.2. The number of anilines is 1. The number of aromatic amines is 1. The minimum absolute atomic E-state index is 0.00191. The summed E-state index contributed by atoms with van der Waals surface area (Å²) < 4.78 is 0. The maximum Gasteiger partial charge on any atom is 0.266 e. The summed E-state index contributed by atoms with van der Waals surface area (Å²) in [5.41, 5.74) is 1.80. The van der Waals surface area contributed by atoms with Gasteiger partial charge in [-0.15, -0.1) is 0 Å². The first-order chi connectivity index (χ1) is 13.7. The number of nitrogens with zero attached hydrogens (tertiary/aromatic N) is 5. The molecular formula is C20H20N6O2. The second kappa shape index (κ2) is 7.99. The van der Waals surface area contributed by atoms with Gasteiger partial charge in [0, 0.05) is 44.1 Å². The molecule has 0 atom stereocenters. The van der Waals surface area contributed by atoms with Crippen LogP contribution in [0.2, 0.25) is 0 Å². The molecule has 0 spiro atoms. The number of H-pyrrole nitrogens is 1. The molecule has 0 unspecified atom stereocenters. The van der Waals surface area contributed by atoms with Crippen LogP contribution in [0.1, 0.15) is 16.8 Å². The van der Waals surface area contributed by atoms with Gasteiger partial charge in [-0.25, -0.2) is 9.97 Å². The van der Waals surface area contributed by atoms with Crippen LogP contribution in [0.3, 0.4) is 0 Å². The van der Waals surface area contributed by atoms with Gasteiger partial charge in [-0.1, -0.05) is 12.1 Å². The van der Waals surface area contributed by atoms with Crippen molar-refractivity contribution in [3.63, 3.8) is 0 Å². The molecule has 0 radical (unpaired) electrons. The van der Waals surface area contributed by atoms with Gasteiger partial charge in [0.15, 0.2) is 0 Å². The SMILES string of the molecule is O=C(c1ccc(-c2cncc(=O)[nH]2)cc1)N1CCCN(c2ncccn2)CC1. The maximum absolute atomic E-state index is 12.9. The number of hydrogen-bond donors (Lipinski definition) is 1. The Kier molecular flexibility index (Phi) is 5.09. The number of rotatable bonds is 3. The van der Waals surface area contributed by atoms with Gasteiger partial charge in [-0.3, -0.25) is 14.6 Å². The number of carbonyl (C=O) groups is 1. The van der Waals surface area contributed by atoms with Crippen molar-refractivity contribution in [2.75, 3.05) is 31.1 Å². The molecule has 3 aromatic rings. The van der Waals surface area contributed by atoms with Gasteiger partial charge in [0.1, 0.15) is 0 Å². The lowest BCUT2D eigenvalue weighted by atomic mass is 10.1. The summed E-state index contributed by atoms with van der Waals surface area (Å²) in [6, 6.07) is 9.00. The van der Waals surface area contributed by atoms with Crippen LogP contribution in [0, 0.1) is 0 Å². The van der Waals surface area contributed by atoms with Crippen molar-refractivity contribution in [1.29, 1.82) is 0 Å². The van der Waals surface area contributed by atoms with E-state index in [-0.39, 0.29) is 11.5 Å². The summed E-state index contributed by atoms with van der Waals surface area (Å²) in [6.45, 7) is 2.83. The number of amides is 1. The van der Waals surface area contributed by atoms with E-state index in [1.807, 2.05) is 17.0 Å². The molecule has 1 fully saturated rings. The van der Waals surface area contributed by atoms with Crippen molar-refractivity contribution >= 4 is 11.9 Å². The van der Waals surface area contributed by atoms with Crippen molar-refractivity contribution < 1.29 is 4.79 Å². The molecule has 1 aliphatic rings. The minimum Gasteiger partial charge on any atom is -0.339 e. The van der Waals surface area contributed by atoms with Gasteiger partial charge in [-0.2, -0.15) is 0 Å².